The highest BCUT2D eigenvalue weighted by atomic mass is 35.5. The third-order valence-corrected chi connectivity index (χ3v) is 6.35. The summed E-state index contributed by atoms with van der Waals surface area (Å²) in [5.74, 6) is 1.60. The van der Waals surface area contributed by atoms with E-state index in [1.807, 2.05) is 6.07 Å². The van der Waals surface area contributed by atoms with Gasteiger partial charge in [0.25, 0.3) is 5.91 Å². The van der Waals surface area contributed by atoms with Gasteiger partial charge < -0.3 is 19.7 Å². The van der Waals surface area contributed by atoms with Gasteiger partial charge in [-0.25, -0.2) is 0 Å². The Kier molecular flexibility index (Phi) is 7.75. The number of amides is 2. The third kappa shape index (κ3) is 5.33. The van der Waals surface area contributed by atoms with Gasteiger partial charge in [-0.05, 0) is 36.2 Å². The molecule has 1 fully saturated rings. The minimum Gasteiger partial charge on any atom is -0.497 e. The second kappa shape index (κ2) is 10.3. The summed E-state index contributed by atoms with van der Waals surface area (Å²) < 4.78 is 10.5. The fraction of sp³-hybridized carbons (Fsp3) is 0.333. The molecule has 6 nitrogen and oxygen atoms in total. The van der Waals surface area contributed by atoms with Gasteiger partial charge >= 0.3 is 0 Å². The molecule has 30 heavy (non-hydrogen) atoms. The molecule has 0 aliphatic carbocycles. The molecule has 0 spiro atoms. The highest BCUT2D eigenvalue weighted by Crippen LogP contribution is 2.28. The van der Waals surface area contributed by atoms with Gasteiger partial charge in [-0.3, -0.25) is 9.59 Å². The minimum atomic E-state index is -0.541. The van der Waals surface area contributed by atoms with E-state index in [4.69, 9.17) is 32.7 Å². The number of carbonyl (C=O) groups excluding carboxylic acids is 2. The number of hydrogen-bond acceptors (Lipinski definition) is 5. The van der Waals surface area contributed by atoms with Crippen LogP contribution in [-0.2, 0) is 11.2 Å². The van der Waals surface area contributed by atoms with Crippen molar-refractivity contribution in [1.82, 2.24) is 10.2 Å². The SMILES string of the molecule is COc1cc(OC)cc(C(=O)N2CSCC2C(=O)NCCc2ccc(Cl)cc2Cl)c1. The Morgan fingerprint density at radius 1 is 1.13 bits per heavy atom. The van der Waals surface area contributed by atoms with Crippen molar-refractivity contribution in [2.45, 2.75) is 12.5 Å². The lowest BCUT2D eigenvalue weighted by atomic mass is 10.1. The van der Waals surface area contributed by atoms with Crippen molar-refractivity contribution in [2.75, 3.05) is 32.4 Å². The van der Waals surface area contributed by atoms with Gasteiger partial charge in [0, 0.05) is 34.0 Å². The molecule has 1 heterocycles. The summed E-state index contributed by atoms with van der Waals surface area (Å²) in [6.07, 6.45) is 0.572. The van der Waals surface area contributed by atoms with Crippen LogP contribution >= 0.6 is 35.0 Å². The van der Waals surface area contributed by atoms with E-state index in [0.717, 1.165) is 5.56 Å². The smallest absolute Gasteiger partial charge is 0.255 e. The van der Waals surface area contributed by atoms with Gasteiger partial charge in [0.2, 0.25) is 5.91 Å². The predicted molar refractivity (Wildman–Crippen MR) is 120 cm³/mol. The largest absolute Gasteiger partial charge is 0.497 e. The van der Waals surface area contributed by atoms with Crippen molar-refractivity contribution < 1.29 is 19.1 Å². The Hall–Kier alpha value is -2.09. The molecular weight excluding hydrogens is 447 g/mol. The third-order valence-electron chi connectivity index (χ3n) is 4.75. The summed E-state index contributed by atoms with van der Waals surface area (Å²) in [5.41, 5.74) is 1.32. The van der Waals surface area contributed by atoms with E-state index in [1.54, 1.807) is 47.0 Å². The zero-order chi connectivity index (χ0) is 21.7. The maximum atomic E-state index is 13.1. The maximum absolute atomic E-state index is 13.1. The van der Waals surface area contributed by atoms with E-state index in [-0.39, 0.29) is 11.8 Å². The van der Waals surface area contributed by atoms with Gasteiger partial charge in [-0.15, -0.1) is 11.8 Å². The van der Waals surface area contributed by atoms with Crippen LogP contribution in [0.1, 0.15) is 15.9 Å². The molecule has 1 saturated heterocycles. The monoisotopic (exact) mass is 468 g/mol. The van der Waals surface area contributed by atoms with E-state index in [1.165, 1.54) is 14.2 Å². The Balaban J connectivity index is 1.64. The van der Waals surface area contributed by atoms with Crippen molar-refractivity contribution in [1.29, 1.82) is 0 Å². The maximum Gasteiger partial charge on any atom is 0.255 e. The van der Waals surface area contributed by atoms with Crippen LogP contribution in [0.4, 0.5) is 0 Å². The van der Waals surface area contributed by atoms with E-state index in [2.05, 4.69) is 5.32 Å². The molecule has 3 rings (SSSR count). The first-order valence-electron chi connectivity index (χ1n) is 9.26. The van der Waals surface area contributed by atoms with Crippen LogP contribution in [0, 0.1) is 0 Å². The molecule has 1 aliphatic heterocycles. The Morgan fingerprint density at radius 2 is 1.83 bits per heavy atom. The van der Waals surface area contributed by atoms with Crippen molar-refractivity contribution >= 4 is 46.8 Å². The lowest BCUT2D eigenvalue weighted by molar-refractivity contribution is -0.124. The summed E-state index contributed by atoms with van der Waals surface area (Å²) in [4.78, 5) is 27.4. The quantitative estimate of drug-likeness (QED) is 0.667. The molecule has 2 amide bonds. The van der Waals surface area contributed by atoms with Gasteiger partial charge in [0.15, 0.2) is 0 Å². The van der Waals surface area contributed by atoms with E-state index < -0.39 is 6.04 Å². The normalized spacial score (nSPS) is 15.7. The number of benzene rings is 2. The van der Waals surface area contributed by atoms with Crippen LogP contribution in [0.5, 0.6) is 11.5 Å². The highest BCUT2D eigenvalue weighted by molar-refractivity contribution is 7.99. The lowest BCUT2D eigenvalue weighted by Crippen LogP contribution is -2.47. The van der Waals surface area contributed by atoms with Gasteiger partial charge in [0.1, 0.15) is 17.5 Å². The van der Waals surface area contributed by atoms with Crippen molar-refractivity contribution in [3.63, 3.8) is 0 Å². The van der Waals surface area contributed by atoms with Crippen molar-refractivity contribution in [3.8, 4) is 11.5 Å². The van der Waals surface area contributed by atoms with Crippen molar-refractivity contribution in [2.24, 2.45) is 0 Å². The number of methoxy groups -OCH3 is 2. The average molecular weight is 469 g/mol. The molecule has 0 bridgehead atoms. The predicted octanol–water partition coefficient (Wildman–Crippen LogP) is 3.88. The van der Waals surface area contributed by atoms with Gasteiger partial charge in [-0.1, -0.05) is 29.3 Å². The first kappa shape index (κ1) is 22.6. The number of rotatable bonds is 7. The van der Waals surface area contributed by atoms with Crippen LogP contribution in [0.25, 0.3) is 0 Å². The van der Waals surface area contributed by atoms with Crippen molar-refractivity contribution in [3.05, 3.63) is 57.6 Å². The second-order valence-electron chi connectivity index (χ2n) is 6.67. The van der Waals surface area contributed by atoms with Gasteiger partial charge in [-0.2, -0.15) is 0 Å². The summed E-state index contributed by atoms with van der Waals surface area (Å²) >= 11 is 13.6. The molecule has 1 unspecified atom stereocenters. The molecule has 1 atom stereocenters. The number of thioether (sulfide) groups is 1. The molecule has 2 aromatic rings. The van der Waals surface area contributed by atoms with E-state index in [0.29, 0.717) is 51.7 Å². The first-order valence-corrected chi connectivity index (χ1v) is 11.2. The number of halogens is 2. The Labute approximate surface area is 189 Å². The van der Waals surface area contributed by atoms with Crippen LogP contribution in [0.3, 0.4) is 0 Å². The van der Waals surface area contributed by atoms with Crippen LogP contribution < -0.4 is 14.8 Å². The molecule has 0 saturated carbocycles. The fourth-order valence-electron chi connectivity index (χ4n) is 3.12. The summed E-state index contributed by atoms with van der Waals surface area (Å²) in [7, 11) is 3.05. The van der Waals surface area contributed by atoms with Crippen LogP contribution in [0.15, 0.2) is 36.4 Å². The Morgan fingerprint density at radius 3 is 2.47 bits per heavy atom. The number of nitrogens with one attached hydrogen (secondary N) is 1. The molecular formula is C21H22Cl2N2O4S. The van der Waals surface area contributed by atoms with Crippen LogP contribution in [0.2, 0.25) is 10.0 Å². The first-order chi connectivity index (χ1) is 14.4. The Bertz CT molecular complexity index is 919. The van der Waals surface area contributed by atoms with E-state index in [9.17, 15) is 9.59 Å². The highest BCUT2D eigenvalue weighted by Gasteiger charge is 2.35. The van der Waals surface area contributed by atoms with Crippen LogP contribution in [-0.4, -0.2) is 55.2 Å². The second-order valence-corrected chi connectivity index (χ2v) is 8.51. The lowest BCUT2D eigenvalue weighted by Gasteiger charge is -2.23. The van der Waals surface area contributed by atoms with E-state index >= 15 is 0 Å². The summed E-state index contributed by atoms with van der Waals surface area (Å²) in [5, 5.41) is 4.04. The van der Waals surface area contributed by atoms with Gasteiger partial charge in [0.05, 0.1) is 20.1 Å². The molecule has 9 heteroatoms. The zero-order valence-electron chi connectivity index (χ0n) is 16.6. The molecule has 1 N–H and O–H groups in total. The molecule has 0 radical (unpaired) electrons. The fourth-order valence-corrected chi connectivity index (χ4v) is 4.78. The summed E-state index contributed by atoms with van der Waals surface area (Å²) in [6.45, 7) is 0.413. The zero-order valence-corrected chi connectivity index (χ0v) is 18.9. The molecule has 2 aromatic carbocycles. The number of carbonyl (C=O) groups is 2. The molecule has 0 aromatic heterocycles. The number of nitrogens with zero attached hydrogens (tertiary/aromatic N) is 1. The average Bonchev–Trinajstić information content (AvgIpc) is 3.24. The molecule has 160 valence electrons. The topological polar surface area (TPSA) is 67.9 Å². The minimum absolute atomic E-state index is 0.187. The number of hydrogen-bond donors (Lipinski definition) is 1. The summed E-state index contributed by atoms with van der Waals surface area (Å²) in [6, 6.07) is 9.73. The number of ether oxygens (including phenoxy) is 2. The standard InChI is InChI=1S/C21H22Cl2N2O4S/c1-28-16-7-14(8-17(10-16)29-2)21(27)25-12-30-11-19(25)20(26)24-6-5-13-3-4-15(22)9-18(13)23/h3-4,7-10,19H,5-6,11-12H2,1-2H3,(H,24,26). The molecule has 1 aliphatic rings.